The Morgan fingerprint density at radius 1 is 1.43 bits per heavy atom. The molecular weight excluding hydrogens is 266 g/mol. The van der Waals surface area contributed by atoms with Gasteiger partial charge in [-0.1, -0.05) is 13.3 Å². The number of non-ortho nitro benzene ring substituents is 1. The quantitative estimate of drug-likeness (QED) is 0.640. The number of hydrogen-bond donors (Lipinski definition) is 1. The van der Waals surface area contributed by atoms with Gasteiger partial charge in [0, 0.05) is 37.0 Å². The molecule has 1 aromatic carbocycles. The minimum Gasteiger partial charge on any atom is -0.385 e. The Balaban J connectivity index is 2.20. The Bertz CT molecular complexity index is 490. The van der Waals surface area contributed by atoms with Gasteiger partial charge in [-0.25, -0.2) is 0 Å². The van der Waals surface area contributed by atoms with Crippen molar-refractivity contribution in [1.29, 1.82) is 0 Å². The van der Waals surface area contributed by atoms with Crippen LogP contribution in [0.15, 0.2) is 18.2 Å². The zero-order valence-electron chi connectivity index (χ0n) is 13.0. The van der Waals surface area contributed by atoms with Crippen LogP contribution in [0.1, 0.15) is 45.1 Å². The number of rotatable bonds is 6. The second-order valence-electron chi connectivity index (χ2n) is 5.84. The minimum absolute atomic E-state index is 0.178. The van der Waals surface area contributed by atoms with E-state index in [1.54, 1.807) is 12.1 Å². The first-order chi connectivity index (χ1) is 10.1. The van der Waals surface area contributed by atoms with E-state index in [0.29, 0.717) is 6.04 Å². The Morgan fingerprint density at radius 2 is 2.24 bits per heavy atom. The highest BCUT2D eigenvalue weighted by atomic mass is 16.6. The topological polar surface area (TPSA) is 58.4 Å². The lowest BCUT2D eigenvalue weighted by molar-refractivity contribution is -0.384. The highest BCUT2D eigenvalue weighted by Crippen LogP contribution is 2.26. The lowest BCUT2D eigenvalue weighted by atomic mass is 10.0. The van der Waals surface area contributed by atoms with Crippen molar-refractivity contribution in [2.75, 3.05) is 18.4 Å². The maximum Gasteiger partial charge on any atom is 0.269 e. The number of likely N-dealkylation sites (tertiary alicyclic amines) is 1. The van der Waals surface area contributed by atoms with Crippen molar-refractivity contribution in [3.05, 3.63) is 33.9 Å². The monoisotopic (exact) mass is 291 g/mol. The third-order valence-corrected chi connectivity index (χ3v) is 4.18. The molecule has 0 radical (unpaired) electrons. The molecule has 1 aliphatic heterocycles. The highest BCUT2D eigenvalue weighted by molar-refractivity contribution is 5.56. The van der Waals surface area contributed by atoms with Crippen molar-refractivity contribution in [1.82, 2.24) is 4.90 Å². The molecule has 0 spiro atoms. The number of piperidine rings is 1. The summed E-state index contributed by atoms with van der Waals surface area (Å²) in [7, 11) is 0. The van der Waals surface area contributed by atoms with E-state index in [9.17, 15) is 10.1 Å². The molecule has 1 aliphatic rings. The molecule has 0 amide bonds. The van der Waals surface area contributed by atoms with Crippen molar-refractivity contribution in [3.8, 4) is 0 Å². The van der Waals surface area contributed by atoms with Crippen molar-refractivity contribution >= 4 is 11.4 Å². The van der Waals surface area contributed by atoms with E-state index in [1.165, 1.54) is 19.3 Å². The second kappa shape index (κ2) is 7.41. The summed E-state index contributed by atoms with van der Waals surface area (Å²) >= 11 is 0. The molecule has 1 fully saturated rings. The van der Waals surface area contributed by atoms with Gasteiger partial charge in [0.05, 0.1) is 4.92 Å². The van der Waals surface area contributed by atoms with Crippen LogP contribution < -0.4 is 5.32 Å². The van der Waals surface area contributed by atoms with E-state index >= 15 is 0 Å². The van der Waals surface area contributed by atoms with Crippen LogP contribution in [0, 0.1) is 10.1 Å². The van der Waals surface area contributed by atoms with E-state index in [4.69, 9.17) is 0 Å². The van der Waals surface area contributed by atoms with Crippen LogP contribution in [0.5, 0.6) is 0 Å². The van der Waals surface area contributed by atoms with Crippen LogP contribution >= 0.6 is 0 Å². The van der Waals surface area contributed by atoms with Crippen molar-refractivity contribution < 1.29 is 4.92 Å². The molecule has 0 bridgehead atoms. The minimum atomic E-state index is -0.313. The normalized spacial score (nSPS) is 19.4. The molecule has 1 heterocycles. The molecular formula is C16H25N3O2. The summed E-state index contributed by atoms with van der Waals surface area (Å²) in [6.45, 7) is 7.12. The molecule has 1 atom stereocenters. The van der Waals surface area contributed by atoms with Crippen LogP contribution in [0.4, 0.5) is 11.4 Å². The summed E-state index contributed by atoms with van der Waals surface area (Å²) in [5.41, 5.74) is 2.24. The first-order valence-corrected chi connectivity index (χ1v) is 7.87. The van der Waals surface area contributed by atoms with Crippen molar-refractivity contribution in [3.63, 3.8) is 0 Å². The first kappa shape index (κ1) is 15.8. The summed E-state index contributed by atoms with van der Waals surface area (Å²) in [5.74, 6) is 0. The molecule has 2 rings (SSSR count). The highest BCUT2D eigenvalue weighted by Gasteiger charge is 2.20. The number of hydrogen-bond acceptors (Lipinski definition) is 4. The third kappa shape index (κ3) is 4.17. The van der Waals surface area contributed by atoms with Gasteiger partial charge in [0.2, 0.25) is 0 Å². The van der Waals surface area contributed by atoms with Gasteiger partial charge in [0.15, 0.2) is 0 Å². The summed E-state index contributed by atoms with van der Waals surface area (Å²) in [4.78, 5) is 13.1. The van der Waals surface area contributed by atoms with Gasteiger partial charge in [-0.2, -0.15) is 0 Å². The van der Waals surface area contributed by atoms with Crippen molar-refractivity contribution in [2.45, 2.75) is 52.1 Å². The first-order valence-electron chi connectivity index (χ1n) is 7.87. The SMILES string of the molecule is CCCNc1ccc([N+](=O)[O-])cc1CN1CCCCC1C. The molecule has 1 N–H and O–H groups in total. The fourth-order valence-corrected chi connectivity index (χ4v) is 2.87. The smallest absolute Gasteiger partial charge is 0.269 e. The van der Waals surface area contributed by atoms with Crippen LogP contribution in [0.2, 0.25) is 0 Å². The van der Waals surface area contributed by atoms with Gasteiger partial charge in [0.25, 0.3) is 5.69 Å². The number of nitrogens with zero attached hydrogens (tertiary/aromatic N) is 2. The molecule has 0 aromatic heterocycles. The van der Waals surface area contributed by atoms with Gasteiger partial charge in [-0.05, 0) is 44.4 Å². The van der Waals surface area contributed by atoms with Crippen LogP contribution in [0.25, 0.3) is 0 Å². The zero-order chi connectivity index (χ0) is 15.2. The van der Waals surface area contributed by atoms with Gasteiger partial charge in [-0.3, -0.25) is 15.0 Å². The van der Waals surface area contributed by atoms with E-state index in [1.807, 2.05) is 6.07 Å². The summed E-state index contributed by atoms with van der Waals surface area (Å²) in [5, 5.41) is 14.4. The molecule has 21 heavy (non-hydrogen) atoms. The predicted octanol–water partition coefficient (Wildman–Crippen LogP) is 3.79. The molecule has 1 saturated heterocycles. The molecule has 5 nitrogen and oxygen atoms in total. The Morgan fingerprint density at radius 3 is 2.90 bits per heavy atom. The average molecular weight is 291 g/mol. The number of anilines is 1. The van der Waals surface area contributed by atoms with E-state index in [0.717, 1.165) is 37.3 Å². The Kier molecular flexibility index (Phi) is 5.56. The second-order valence-corrected chi connectivity index (χ2v) is 5.84. The fraction of sp³-hybridized carbons (Fsp3) is 0.625. The van der Waals surface area contributed by atoms with Crippen LogP contribution in [0.3, 0.4) is 0 Å². The van der Waals surface area contributed by atoms with Crippen LogP contribution in [-0.2, 0) is 6.54 Å². The average Bonchev–Trinajstić information content (AvgIpc) is 2.48. The third-order valence-electron chi connectivity index (χ3n) is 4.18. The van der Waals surface area contributed by atoms with Crippen molar-refractivity contribution in [2.24, 2.45) is 0 Å². The molecule has 0 saturated carbocycles. The number of benzene rings is 1. The predicted molar refractivity (Wildman–Crippen MR) is 85.6 cm³/mol. The zero-order valence-corrected chi connectivity index (χ0v) is 13.0. The van der Waals surface area contributed by atoms with Gasteiger partial charge < -0.3 is 5.32 Å². The number of nitro benzene ring substituents is 1. The number of nitrogens with one attached hydrogen (secondary N) is 1. The van der Waals surface area contributed by atoms with Gasteiger partial charge in [0.1, 0.15) is 0 Å². The molecule has 1 unspecified atom stereocenters. The van der Waals surface area contributed by atoms with Gasteiger partial charge in [-0.15, -0.1) is 0 Å². The summed E-state index contributed by atoms with van der Waals surface area (Å²) in [6, 6.07) is 5.70. The van der Waals surface area contributed by atoms with E-state index < -0.39 is 0 Å². The molecule has 5 heteroatoms. The Hall–Kier alpha value is -1.62. The summed E-state index contributed by atoms with van der Waals surface area (Å²) < 4.78 is 0. The van der Waals surface area contributed by atoms with E-state index in [-0.39, 0.29) is 10.6 Å². The lowest BCUT2D eigenvalue weighted by Gasteiger charge is -2.33. The standard InChI is InChI=1S/C16H25N3O2/c1-3-9-17-16-8-7-15(19(20)21)11-14(16)12-18-10-5-4-6-13(18)2/h7-8,11,13,17H,3-6,9-10,12H2,1-2H3. The number of nitro groups is 1. The molecule has 1 aromatic rings. The lowest BCUT2D eigenvalue weighted by Crippen LogP contribution is -2.36. The maximum atomic E-state index is 11.0. The van der Waals surface area contributed by atoms with Gasteiger partial charge >= 0.3 is 0 Å². The van der Waals surface area contributed by atoms with E-state index in [2.05, 4.69) is 24.1 Å². The maximum absolute atomic E-state index is 11.0. The Labute approximate surface area is 126 Å². The fourth-order valence-electron chi connectivity index (χ4n) is 2.87. The molecule has 116 valence electrons. The largest absolute Gasteiger partial charge is 0.385 e. The van der Waals surface area contributed by atoms with Crippen LogP contribution in [-0.4, -0.2) is 29.0 Å². The summed E-state index contributed by atoms with van der Waals surface area (Å²) in [6.07, 6.45) is 4.76. The molecule has 0 aliphatic carbocycles.